The summed E-state index contributed by atoms with van der Waals surface area (Å²) in [5, 5.41) is 3.54. The Hall–Kier alpha value is -1.18. The molecule has 1 unspecified atom stereocenters. The van der Waals surface area contributed by atoms with Crippen LogP contribution in [0.5, 0.6) is 0 Å². The fourth-order valence-electron chi connectivity index (χ4n) is 1.89. The van der Waals surface area contributed by atoms with Gasteiger partial charge in [-0.25, -0.2) is 0 Å². The molecule has 0 saturated carbocycles. The molecule has 1 rings (SSSR count). The summed E-state index contributed by atoms with van der Waals surface area (Å²) < 4.78 is 0. The van der Waals surface area contributed by atoms with E-state index in [9.17, 15) is 0 Å². The molecule has 0 amide bonds. The van der Waals surface area contributed by atoms with Crippen molar-refractivity contribution in [2.24, 2.45) is 0 Å². The number of nitrogens with one attached hydrogen (secondary N) is 1. The van der Waals surface area contributed by atoms with Crippen LogP contribution >= 0.6 is 0 Å². The van der Waals surface area contributed by atoms with E-state index < -0.39 is 0 Å². The molecule has 0 spiro atoms. The molecule has 0 bridgehead atoms. The monoisotopic (exact) mass is 220 g/mol. The van der Waals surface area contributed by atoms with Crippen molar-refractivity contribution in [3.63, 3.8) is 0 Å². The molecule has 0 fully saturated rings. The van der Waals surface area contributed by atoms with Gasteiger partial charge in [0.2, 0.25) is 0 Å². The van der Waals surface area contributed by atoms with Crippen molar-refractivity contribution < 1.29 is 0 Å². The number of hydrogen-bond donors (Lipinski definition) is 2. The molecular formula is C14H24N2. The van der Waals surface area contributed by atoms with Crippen LogP contribution in [-0.4, -0.2) is 6.04 Å². The van der Waals surface area contributed by atoms with Gasteiger partial charge in [0.15, 0.2) is 0 Å². The van der Waals surface area contributed by atoms with Crippen molar-refractivity contribution >= 4 is 11.4 Å². The van der Waals surface area contributed by atoms with Crippen LogP contribution in [0.25, 0.3) is 0 Å². The number of benzene rings is 1. The first-order valence-corrected chi connectivity index (χ1v) is 6.26. The fraction of sp³-hybridized carbons (Fsp3) is 0.571. The molecule has 1 aromatic carbocycles. The summed E-state index contributed by atoms with van der Waals surface area (Å²) in [6, 6.07) is 6.57. The minimum Gasteiger partial charge on any atom is -0.399 e. The number of aryl methyl sites for hydroxylation is 1. The molecule has 0 aliphatic rings. The molecule has 2 heteroatoms. The van der Waals surface area contributed by atoms with Crippen LogP contribution in [0.3, 0.4) is 0 Å². The lowest BCUT2D eigenvalue weighted by molar-refractivity contribution is 0.615. The first kappa shape index (κ1) is 12.9. The van der Waals surface area contributed by atoms with E-state index in [1.54, 1.807) is 0 Å². The molecule has 0 radical (unpaired) electrons. The molecule has 3 N–H and O–H groups in total. The number of nitrogens with two attached hydrogens (primary N) is 1. The lowest BCUT2D eigenvalue weighted by atomic mass is 10.1. The second kappa shape index (κ2) is 6.41. The van der Waals surface area contributed by atoms with Gasteiger partial charge in [-0.15, -0.1) is 0 Å². The van der Waals surface area contributed by atoms with Crippen LogP contribution in [0.2, 0.25) is 0 Å². The lowest BCUT2D eigenvalue weighted by Gasteiger charge is -2.17. The Labute approximate surface area is 99.2 Å². The van der Waals surface area contributed by atoms with E-state index in [1.165, 1.54) is 36.9 Å². The normalized spacial score (nSPS) is 12.4. The Balaban J connectivity index is 2.46. The number of hydrogen-bond acceptors (Lipinski definition) is 2. The van der Waals surface area contributed by atoms with Gasteiger partial charge in [0, 0.05) is 17.4 Å². The first-order valence-electron chi connectivity index (χ1n) is 6.26. The third-order valence-electron chi connectivity index (χ3n) is 2.89. The lowest BCUT2D eigenvalue weighted by Crippen LogP contribution is -2.15. The highest BCUT2D eigenvalue weighted by Gasteiger charge is 2.03. The molecule has 0 saturated heterocycles. The molecule has 1 atom stereocenters. The Morgan fingerprint density at radius 3 is 2.69 bits per heavy atom. The van der Waals surface area contributed by atoms with E-state index in [0.29, 0.717) is 6.04 Å². The molecule has 2 nitrogen and oxygen atoms in total. The molecule has 0 aliphatic heterocycles. The molecule has 16 heavy (non-hydrogen) atoms. The van der Waals surface area contributed by atoms with E-state index >= 15 is 0 Å². The zero-order valence-electron chi connectivity index (χ0n) is 10.7. The zero-order chi connectivity index (χ0) is 12.0. The van der Waals surface area contributed by atoms with Crippen LogP contribution in [0.1, 0.15) is 45.1 Å². The molecule has 0 aromatic heterocycles. The van der Waals surface area contributed by atoms with E-state index in [4.69, 9.17) is 5.73 Å². The van der Waals surface area contributed by atoms with Gasteiger partial charge in [0.05, 0.1) is 0 Å². The Morgan fingerprint density at radius 2 is 2.06 bits per heavy atom. The smallest absolute Gasteiger partial charge is 0.0373 e. The largest absolute Gasteiger partial charge is 0.399 e. The van der Waals surface area contributed by atoms with Gasteiger partial charge in [0.25, 0.3) is 0 Å². The summed E-state index contributed by atoms with van der Waals surface area (Å²) in [7, 11) is 0. The average molecular weight is 220 g/mol. The zero-order valence-corrected chi connectivity index (χ0v) is 10.7. The third-order valence-corrected chi connectivity index (χ3v) is 2.89. The van der Waals surface area contributed by atoms with Crippen LogP contribution in [0, 0.1) is 6.92 Å². The summed E-state index contributed by atoms with van der Waals surface area (Å²) in [6.07, 6.45) is 5.15. The van der Waals surface area contributed by atoms with E-state index in [1.807, 2.05) is 12.1 Å². The maximum Gasteiger partial charge on any atom is 0.0373 e. The number of unbranched alkanes of at least 4 members (excludes halogenated alkanes) is 2. The third kappa shape index (κ3) is 4.13. The minimum absolute atomic E-state index is 0.536. The van der Waals surface area contributed by atoms with Crippen molar-refractivity contribution in [3.05, 3.63) is 23.8 Å². The number of anilines is 2. The second-order valence-electron chi connectivity index (χ2n) is 4.62. The summed E-state index contributed by atoms with van der Waals surface area (Å²) >= 11 is 0. The Bertz CT molecular complexity index is 321. The summed E-state index contributed by atoms with van der Waals surface area (Å²) in [5.74, 6) is 0. The van der Waals surface area contributed by atoms with Crippen LogP contribution in [0.4, 0.5) is 11.4 Å². The average Bonchev–Trinajstić information content (AvgIpc) is 2.23. The van der Waals surface area contributed by atoms with Crippen molar-refractivity contribution in [3.8, 4) is 0 Å². The van der Waals surface area contributed by atoms with Gasteiger partial charge in [-0.2, -0.15) is 0 Å². The molecule has 0 aliphatic carbocycles. The highest BCUT2D eigenvalue weighted by atomic mass is 14.9. The maximum absolute atomic E-state index is 5.73. The number of nitrogen functional groups attached to an aromatic ring is 1. The van der Waals surface area contributed by atoms with E-state index in [2.05, 4.69) is 32.2 Å². The summed E-state index contributed by atoms with van der Waals surface area (Å²) in [4.78, 5) is 0. The predicted molar refractivity (Wildman–Crippen MR) is 72.8 cm³/mol. The number of rotatable bonds is 6. The highest BCUT2D eigenvalue weighted by Crippen LogP contribution is 2.19. The quantitative estimate of drug-likeness (QED) is 0.562. The van der Waals surface area contributed by atoms with Gasteiger partial charge in [0.1, 0.15) is 0 Å². The second-order valence-corrected chi connectivity index (χ2v) is 4.62. The van der Waals surface area contributed by atoms with Crippen LogP contribution in [-0.2, 0) is 0 Å². The van der Waals surface area contributed by atoms with E-state index in [-0.39, 0.29) is 0 Å². The molecular weight excluding hydrogens is 196 g/mol. The van der Waals surface area contributed by atoms with E-state index in [0.717, 1.165) is 5.69 Å². The Kier molecular flexibility index (Phi) is 5.17. The van der Waals surface area contributed by atoms with Gasteiger partial charge in [-0.1, -0.05) is 26.2 Å². The van der Waals surface area contributed by atoms with Gasteiger partial charge < -0.3 is 11.1 Å². The predicted octanol–water partition coefficient (Wildman–Crippen LogP) is 3.96. The summed E-state index contributed by atoms with van der Waals surface area (Å²) in [5.41, 5.74) is 8.99. The summed E-state index contributed by atoms with van der Waals surface area (Å²) in [6.45, 7) is 6.57. The minimum atomic E-state index is 0.536. The van der Waals surface area contributed by atoms with Crippen molar-refractivity contribution in [2.45, 2.75) is 52.5 Å². The fourth-order valence-corrected chi connectivity index (χ4v) is 1.89. The maximum atomic E-state index is 5.73. The molecule has 1 aromatic rings. The standard InChI is InChI=1S/C14H24N2/c1-4-5-6-7-12(3)16-14-9-8-13(15)10-11(14)2/h8-10,12,16H,4-7,15H2,1-3H3. The van der Waals surface area contributed by atoms with Crippen molar-refractivity contribution in [1.82, 2.24) is 0 Å². The van der Waals surface area contributed by atoms with Gasteiger partial charge in [-0.3, -0.25) is 0 Å². The van der Waals surface area contributed by atoms with Crippen molar-refractivity contribution in [2.75, 3.05) is 11.1 Å². The SMILES string of the molecule is CCCCCC(C)Nc1ccc(N)cc1C. The molecule has 0 heterocycles. The molecule has 90 valence electrons. The Morgan fingerprint density at radius 1 is 1.31 bits per heavy atom. The first-order chi connectivity index (χ1) is 7.63. The highest BCUT2D eigenvalue weighted by molar-refractivity contribution is 5.57. The topological polar surface area (TPSA) is 38.0 Å². The van der Waals surface area contributed by atoms with Gasteiger partial charge >= 0.3 is 0 Å². The van der Waals surface area contributed by atoms with Crippen LogP contribution in [0.15, 0.2) is 18.2 Å². The van der Waals surface area contributed by atoms with Gasteiger partial charge in [-0.05, 0) is 44.0 Å². The van der Waals surface area contributed by atoms with Crippen molar-refractivity contribution in [1.29, 1.82) is 0 Å². The van der Waals surface area contributed by atoms with Crippen LogP contribution < -0.4 is 11.1 Å².